The molecule has 120 valence electrons. The van der Waals surface area contributed by atoms with Gasteiger partial charge in [-0.2, -0.15) is 0 Å². The van der Waals surface area contributed by atoms with Gasteiger partial charge in [-0.25, -0.2) is 0 Å². The van der Waals surface area contributed by atoms with Gasteiger partial charge in [-0.05, 0) is 50.4 Å². The van der Waals surface area contributed by atoms with Gasteiger partial charge in [0.1, 0.15) is 5.54 Å². The Morgan fingerprint density at radius 3 is 2.29 bits per heavy atom. The summed E-state index contributed by atoms with van der Waals surface area (Å²) in [6.45, 7) is 7.59. The number of carbonyl (C=O) groups is 1. The van der Waals surface area contributed by atoms with Crippen molar-refractivity contribution in [3.05, 3.63) is 0 Å². The first-order valence-electron chi connectivity index (χ1n) is 8.59. The second-order valence-corrected chi connectivity index (χ2v) is 7.89. The summed E-state index contributed by atoms with van der Waals surface area (Å²) in [6.07, 6.45) is 6.13. The highest BCUT2D eigenvalue weighted by molar-refractivity contribution is 5.88. The SMILES string of the molecule is CCOC1CC(N)(C(=O)NCC(C2CC2)C2CC2)C1(C)C. The maximum absolute atomic E-state index is 12.6. The van der Waals surface area contributed by atoms with E-state index in [0.29, 0.717) is 18.9 Å². The number of hydrogen-bond donors (Lipinski definition) is 2. The van der Waals surface area contributed by atoms with Gasteiger partial charge >= 0.3 is 0 Å². The monoisotopic (exact) mass is 294 g/mol. The fourth-order valence-corrected chi connectivity index (χ4v) is 3.96. The van der Waals surface area contributed by atoms with Crippen molar-refractivity contribution in [1.29, 1.82) is 0 Å². The van der Waals surface area contributed by atoms with E-state index in [0.717, 1.165) is 18.4 Å². The highest BCUT2D eigenvalue weighted by Crippen LogP contribution is 2.51. The Hall–Kier alpha value is -0.610. The van der Waals surface area contributed by atoms with E-state index in [2.05, 4.69) is 19.2 Å². The van der Waals surface area contributed by atoms with Crippen molar-refractivity contribution < 1.29 is 9.53 Å². The molecule has 0 aromatic rings. The van der Waals surface area contributed by atoms with Crippen LogP contribution in [-0.2, 0) is 9.53 Å². The van der Waals surface area contributed by atoms with E-state index in [1.807, 2.05) is 6.92 Å². The normalized spacial score (nSPS) is 34.6. The highest BCUT2D eigenvalue weighted by atomic mass is 16.5. The molecule has 3 N–H and O–H groups in total. The van der Waals surface area contributed by atoms with Crippen LogP contribution in [0.3, 0.4) is 0 Å². The Balaban J connectivity index is 1.55. The summed E-state index contributed by atoms with van der Waals surface area (Å²) in [5, 5.41) is 3.17. The van der Waals surface area contributed by atoms with Crippen molar-refractivity contribution in [1.82, 2.24) is 5.32 Å². The second kappa shape index (κ2) is 5.24. The largest absolute Gasteiger partial charge is 0.378 e. The third-order valence-corrected chi connectivity index (χ3v) is 6.19. The van der Waals surface area contributed by atoms with Gasteiger partial charge in [0.15, 0.2) is 0 Å². The van der Waals surface area contributed by atoms with Gasteiger partial charge in [0, 0.05) is 25.0 Å². The molecule has 0 bridgehead atoms. The van der Waals surface area contributed by atoms with E-state index in [-0.39, 0.29) is 17.4 Å². The Morgan fingerprint density at radius 1 is 1.29 bits per heavy atom. The van der Waals surface area contributed by atoms with Gasteiger partial charge in [0.05, 0.1) is 6.10 Å². The summed E-state index contributed by atoms with van der Waals surface area (Å²) in [7, 11) is 0. The number of nitrogens with two attached hydrogens (primary N) is 1. The Bertz CT molecular complexity index is 403. The van der Waals surface area contributed by atoms with Gasteiger partial charge < -0.3 is 15.8 Å². The van der Waals surface area contributed by atoms with Crippen molar-refractivity contribution in [2.24, 2.45) is 28.9 Å². The summed E-state index contributed by atoms with van der Waals surface area (Å²) in [5.74, 6) is 2.44. The number of carbonyl (C=O) groups excluding carboxylic acids is 1. The molecule has 0 aromatic carbocycles. The molecule has 1 amide bonds. The molecule has 0 aromatic heterocycles. The Morgan fingerprint density at radius 2 is 1.86 bits per heavy atom. The zero-order chi connectivity index (χ0) is 15.3. The summed E-state index contributed by atoms with van der Waals surface area (Å²) in [5.41, 5.74) is 5.36. The van der Waals surface area contributed by atoms with Gasteiger partial charge in [0.25, 0.3) is 0 Å². The van der Waals surface area contributed by atoms with Crippen LogP contribution in [0.25, 0.3) is 0 Å². The lowest BCUT2D eigenvalue weighted by Crippen LogP contribution is -2.75. The van der Waals surface area contributed by atoms with Gasteiger partial charge in [-0.3, -0.25) is 4.79 Å². The van der Waals surface area contributed by atoms with Crippen LogP contribution >= 0.6 is 0 Å². The molecule has 2 unspecified atom stereocenters. The van der Waals surface area contributed by atoms with Crippen LogP contribution in [0.15, 0.2) is 0 Å². The van der Waals surface area contributed by atoms with Crippen molar-refractivity contribution >= 4 is 5.91 Å². The van der Waals surface area contributed by atoms with E-state index in [1.54, 1.807) is 0 Å². The molecule has 0 aliphatic heterocycles. The van der Waals surface area contributed by atoms with Crippen LogP contribution in [-0.4, -0.2) is 30.7 Å². The van der Waals surface area contributed by atoms with Crippen LogP contribution in [0.4, 0.5) is 0 Å². The van der Waals surface area contributed by atoms with Crippen LogP contribution in [0.5, 0.6) is 0 Å². The van der Waals surface area contributed by atoms with Crippen molar-refractivity contribution in [2.45, 2.75) is 64.5 Å². The lowest BCUT2D eigenvalue weighted by molar-refractivity contribution is -0.170. The number of nitrogens with one attached hydrogen (secondary N) is 1. The molecule has 2 atom stereocenters. The average Bonchev–Trinajstić information content (AvgIpc) is 3.31. The molecular weight excluding hydrogens is 264 g/mol. The van der Waals surface area contributed by atoms with Gasteiger partial charge in [0.2, 0.25) is 5.91 Å². The fraction of sp³-hybridized carbons (Fsp3) is 0.941. The quantitative estimate of drug-likeness (QED) is 0.755. The Labute approximate surface area is 128 Å². The minimum absolute atomic E-state index is 0.0229. The molecule has 4 heteroatoms. The standard InChI is InChI=1S/C17H30N2O2/c1-4-21-14-9-17(18,16(14,2)3)15(20)19-10-13(11-5-6-11)12-7-8-12/h11-14H,4-10,18H2,1-3H3,(H,19,20). The third kappa shape index (κ3) is 2.61. The second-order valence-electron chi connectivity index (χ2n) is 7.89. The predicted molar refractivity (Wildman–Crippen MR) is 82.7 cm³/mol. The average molecular weight is 294 g/mol. The summed E-state index contributed by atoms with van der Waals surface area (Å²) < 4.78 is 5.70. The molecule has 0 spiro atoms. The first kappa shape index (κ1) is 15.3. The lowest BCUT2D eigenvalue weighted by atomic mass is 9.54. The first-order valence-corrected chi connectivity index (χ1v) is 8.59. The highest BCUT2D eigenvalue weighted by Gasteiger charge is 2.62. The molecule has 3 rings (SSSR count). The fourth-order valence-electron chi connectivity index (χ4n) is 3.96. The summed E-state index contributed by atoms with van der Waals surface area (Å²) >= 11 is 0. The first-order chi connectivity index (χ1) is 9.90. The van der Waals surface area contributed by atoms with E-state index in [9.17, 15) is 4.79 Å². The van der Waals surface area contributed by atoms with E-state index < -0.39 is 5.54 Å². The van der Waals surface area contributed by atoms with Crippen LogP contribution in [0.2, 0.25) is 0 Å². The molecule has 0 heterocycles. The minimum atomic E-state index is -0.773. The van der Waals surface area contributed by atoms with E-state index in [4.69, 9.17) is 10.5 Å². The van der Waals surface area contributed by atoms with Crippen LogP contribution < -0.4 is 11.1 Å². The Kier molecular flexibility index (Phi) is 3.81. The van der Waals surface area contributed by atoms with E-state index in [1.165, 1.54) is 25.7 Å². The van der Waals surface area contributed by atoms with Crippen molar-refractivity contribution in [3.8, 4) is 0 Å². The molecule has 4 nitrogen and oxygen atoms in total. The predicted octanol–water partition coefficient (Wildman–Crippen LogP) is 2.07. The smallest absolute Gasteiger partial charge is 0.240 e. The maximum Gasteiger partial charge on any atom is 0.240 e. The number of amides is 1. The third-order valence-electron chi connectivity index (χ3n) is 6.19. The van der Waals surface area contributed by atoms with Crippen molar-refractivity contribution in [2.75, 3.05) is 13.2 Å². The van der Waals surface area contributed by atoms with Crippen LogP contribution in [0.1, 0.15) is 52.9 Å². The summed E-state index contributed by atoms with van der Waals surface area (Å²) in [4.78, 5) is 12.6. The molecular formula is C17H30N2O2. The van der Waals surface area contributed by atoms with Crippen molar-refractivity contribution in [3.63, 3.8) is 0 Å². The molecule has 0 radical (unpaired) electrons. The van der Waals surface area contributed by atoms with Crippen LogP contribution in [0, 0.1) is 23.2 Å². The lowest BCUT2D eigenvalue weighted by Gasteiger charge is -2.57. The maximum atomic E-state index is 12.6. The topological polar surface area (TPSA) is 64.3 Å². The van der Waals surface area contributed by atoms with E-state index >= 15 is 0 Å². The van der Waals surface area contributed by atoms with Gasteiger partial charge in [-0.1, -0.05) is 13.8 Å². The zero-order valence-corrected chi connectivity index (χ0v) is 13.7. The number of hydrogen-bond acceptors (Lipinski definition) is 3. The molecule has 3 fully saturated rings. The van der Waals surface area contributed by atoms with Gasteiger partial charge in [-0.15, -0.1) is 0 Å². The number of ether oxygens (including phenoxy) is 1. The molecule has 0 saturated heterocycles. The zero-order valence-electron chi connectivity index (χ0n) is 13.7. The molecule has 21 heavy (non-hydrogen) atoms. The minimum Gasteiger partial charge on any atom is -0.378 e. The molecule has 3 aliphatic rings. The number of rotatable bonds is 7. The molecule has 3 saturated carbocycles. The summed E-state index contributed by atoms with van der Waals surface area (Å²) in [6, 6.07) is 0. The molecule has 3 aliphatic carbocycles.